The van der Waals surface area contributed by atoms with Crippen LogP contribution in [-0.4, -0.2) is 37.0 Å². The zero-order valence-electron chi connectivity index (χ0n) is 15.2. The minimum absolute atomic E-state index is 0.305. The van der Waals surface area contributed by atoms with Crippen molar-refractivity contribution in [1.29, 1.82) is 0 Å². The van der Waals surface area contributed by atoms with E-state index in [-0.39, 0.29) is 0 Å². The van der Waals surface area contributed by atoms with E-state index >= 15 is 0 Å². The van der Waals surface area contributed by atoms with Crippen LogP contribution in [0.25, 0.3) is 11.2 Å². The Hall–Kier alpha value is -2.45. The highest BCUT2D eigenvalue weighted by molar-refractivity contribution is 6.30. The van der Waals surface area contributed by atoms with E-state index in [0.717, 1.165) is 31.4 Å². The van der Waals surface area contributed by atoms with Crippen LogP contribution in [-0.2, 0) is 6.54 Å². The Balaban J connectivity index is 1.66. The van der Waals surface area contributed by atoms with Gasteiger partial charge in [-0.25, -0.2) is 4.68 Å². The fraction of sp³-hybridized carbons (Fsp3) is 0.444. The lowest BCUT2D eigenvalue weighted by atomic mass is 9.92. The number of nitrogens with two attached hydrogens (primary N) is 1. The van der Waals surface area contributed by atoms with E-state index in [0.29, 0.717) is 46.6 Å². The number of nitrogens with zero attached hydrogens (tertiary/aromatic N) is 5. The van der Waals surface area contributed by atoms with Gasteiger partial charge in [0, 0.05) is 29.3 Å². The Labute approximate surface area is 162 Å². The highest BCUT2D eigenvalue weighted by atomic mass is 35.5. The zero-order valence-corrected chi connectivity index (χ0v) is 15.9. The Morgan fingerprint density at radius 3 is 2.59 bits per heavy atom. The van der Waals surface area contributed by atoms with E-state index in [4.69, 9.17) is 17.3 Å². The largest absolute Gasteiger partial charge is 0.351 e. The third kappa shape index (κ3) is 3.96. The first-order valence-electron chi connectivity index (χ1n) is 9.28. The Kier molecular flexibility index (Phi) is 5.09. The van der Waals surface area contributed by atoms with E-state index in [2.05, 4.69) is 30.9 Å². The lowest BCUT2D eigenvalue weighted by Gasteiger charge is -2.26. The summed E-state index contributed by atoms with van der Waals surface area (Å²) in [4.78, 5) is 9.32. The van der Waals surface area contributed by atoms with Crippen LogP contribution in [0.2, 0.25) is 5.02 Å². The van der Waals surface area contributed by atoms with Gasteiger partial charge in [-0.15, -0.1) is 5.10 Å². The van der Waals surface area contributed by atoms with Crippen LogP contribution in [0.5, 0.6) is 0 Å². The van der Waals surface area contributed by atoms with E-state index in [1.54, 1.807) is 4.68 Å². The van der Waals surface area contributed by atoms with Crippen molar-refractivity contribution in [2.45, 2.75) is 51.2 Å². The first-order valence-corrected chi connectivity index (χ1v) is 9.66. The maximum atomic E-state index is 6.01. The summed E-state index contributed by atoms with van der Waals surface area (Å²) < 4.78 is 1.77. The Morgan fingerprint density at radius 1 is 1.15 bits per heavy atom. The molecule has 9 heteroatoms. The predicted octanol–water partition coefficient (Wildman–Crippen LogP) is 3.32. The molecule has 0 aliphatic heterocycles. The maximum Gasteiger partial charge on any atom is 0.227 e. The van der Waals surface area contributed by atoms with Crippen LogP contribution in [0.15, 0.2) is 24.3 Å². The van der Waals surface area contributed by atoms with E-state index in [1.165, 1.54) is 0 Å². The van der Waals surface area contributed by atoms with Crippen molar-refractivity contribution in [3.05, 3.63) is 29.3 Å². The second-order valence-electron chi connectivity index (χ2n) is 6.86. The first-order chi connectivity index (χ1) is 13.1. The summed E-state index contributed by atoms with van der Waals surface area (Å²) in [5.74, 6) is 1.20. The van der Waals surface area contributed by atoms with Crippen LogP contribution in [0.1, 0.15) is 32.6 Å². The standard InChI is InChI=1S/C18H23ClN8/c1-2-27-17-15(25-26-27)16(21-13-7-3-11(19)4-8-13)23-18(24-17)22-14-9-5-12(20)6-10-14/h3-4,7-8,12,14H,2,5-6,9-10,20H2,1H3,(H2,21,22,23,24). The molecule has 0 unspecified atom stereocenters. The SMILES string of the molecule is CCn1nnc2c(Nc3ccc(Cl)cc3)nc(NC3CCC(N)CC3)nc21. The van der Waals surface area contributed by atoms with Gasteiger partial charge in [-0.1, -0.05) is 16.8 Å². The van der Waals surface area contributed by atoms with Gasteiger partial charge in [-0.3, -0.25) is 0 Å². The molecule has 1 fully saturated rings. The van der Waals surface area contributed by atoms with Gasteiger partial charge in [0.1, 0.15) is 0 Å². The van der Waals surface area contributed by atoms with Crippen LogP contribution in [0.3, 0.4) is 0 Å². The van der Waals surface area contributed by atoms with E-state index < -0.39 is 0 Å². The fourth-order valence-electron chi connectivity index (χ4n) is 3.34. The summed E-state index contributed by atoms with van der Waals surface area (Å²) in [7, 11) is 0. The minimum Gasteiger partial charge on any atom is -0.351 e. The molecule has 2 heterocycles. The summed E-state index contributed by atoms with van der Waals surface area (Å²) in [5, 5.41) is 15.9. The van der Waals surface area contributed by atoms with Gasteiger partial charge >= 0.3 is 0 Å². The summed E-state index contributed by atoms with van der Waals surface area (Å²) in [6.45, 7) is 2.70. The quantitative estimate of drug-likeness (QED) is 0.617. The van der Waals surface area contributed by atoms with Crippen molar-refractivity contribution in [3.63, 3.8) is 0 Å². The molecule has 8 nitrogen and oxygen atoms in total. The van der Waals surface area contributed by atoms with Crippen LogP contribution in [0, 0.1) is 0 Å². The van der Waals surface area contributed by atoms with Gasteiger partial charge in [0.15, 0.2) is 17.0 Å². The number of aryl methyl sites for hydroxylation is 1. The molecular formula is C18H23ClN8. The number of hydrogen-bond donors (Lipinski definition) is 3. The van der Waals surface area contributed by atoms with Gasteiger partial charge in [-0.2, -0.15) is 9.97 Å². The van der Waals surface area contributed by atoms with Crippen molar-refractivity contribution >= 4 is 40.2 Å². The third-order valence-corrected chi connectivity index (χ3v) is 5.13. The number of benzene rings is 1. The summed E-state index contributed by atoms with van der Waals surface area (Å²) >= 11 is 5.98. The van der Waals surface area contributed by atoms with Gasteiger partial charge in [0.05, 0.1) is 0 Å². The molecule has 2 aromatic heterocycles. The molecule has 0 atom stereocenters. The molecule has 1 aromatic carbocycles. The van der Waals surface area contributed by atoms with Crippen LogP contribution in [0.4, 0.5) is 17.5 Å². The number of nitrogens with one attached hydrogen (secondary N) is 2. The van der Waals surface area contributed by atoms with Gasteiger partial charge in [0.25, 0.3) is 0 Å². The Bertz CT molecular complexity index is 915. The molecule has 142 valence electrons. The minimum atomic E-state index is 0.305. The van der Waals surface area contributed by atoms with Crippen molar-refractivity contribution in [2.24, 2.45) is 5.73 Å². The smallest absolute Gasteiger partial charge is 0.227 e. The molecule has 27 heavy (non-hydrogen) atoms. The molecule has 3 aromatic rings. The molecule has 0 saturated heterocycles. The molecule has 0 amide bonds. The summed E-state index contributed by atoms with van der Waals surface area (Å²) in [5.41, 5.74) is 8.24. The summed E-state index contributed by atoms with van der Waals surface area (Å²) in [6, 6.07) is 8.09. The second-order valence-corrected chi connectivity index (χ2v) is 7.30. The van der Waals surface area contributed by atoms with Gasteiger partial charge in [-0.05, 0) is 56.9 Å². The number of rotatable bonds is 5. The van der Waals surface area contributed by atoms with Gasteiger partial charge < -0.3 is 16.4 Å². The van der Waals surface area contributed by atoms with Crippen molar-refractivity contribution in [1.82, 2.24) is 25.0 Å². The molecule has 4 rings (SSSR count). The predicted molar refractivity (Wildman–Crippen MR) is 107 cm³/mol. The number of anilines is 3. The average Bonchev–Trinajstić information content (AvgIpc) is 3.09. The topological polar surface area (TPSA) is 107 Å². The number of hydrogen-bond acceptors (Lipinski definition) is 7. The van der Waals surface area contributed by atoms with Gasteiger partial charge in [0.2, 0.25) is 5.95 Å². The lowest BCUT2D eigenvalue weighted by Crippen LogP contribution is -2.33. The molecule has 0 bridgehead atoms. The van der Waals surface area contributed by atoms with E-state index in [9.17, 15) is 0 Å². The number of halogens is 1. The molecule has 1 saturated carbocycles. The van der Waals surface area contributed by atoms with Crippen molar-refractivity contribution in [3.8, 4) is 0 Å². The van der Waals surface area contributed by atoms with Crippen molar-refractivity contribution in [2.75, 3.05) is 10.6 Å². The zero-order chi connectivity index (χ0) is 18.8. The second kappa shape index (κ2) is 7.66. The molecule has 4 N–H and O–H groups in total. The van der Waals surface area contributed by atoms with Crippen molar-refractivity contribution < 1.29 is 0 Å². The third-order valence-electron chi connectivity index (χ3n) is 4.87. The Morgan fingerprint density at radius 2 is 1.89 bits per heavy atom. The van der Waals surface area contributed by atoms with Crippen LogP contribution >= 0.6 is 11.6 Å². The number of aromatic nitrogens is 5. The fourth-order valence-corrected chi connectivity index (χ4v) is 3.46. The van der Waals surface area contributed by atoms with E-state index in [1.807, 2.05) is 31.2 Å². The normalized spacial score (nSPS) is 20.0. The first kappa shape index (κ1) is 17.9. The molecule has 0 radical (unpaired) electrons. The monoisotopic (exact) mass is 386 g/mol. The maximum absolute atomic E-state index is 6.01. The summed E-state index contributed by atoms with van der Waals surface area (Å²) in [6.07, 6.45) is 4.08. The molecule has 1 aliphatic rings. The number of fused-ring (bicyclic) bond motifs is 1. The highest BCUT2D eigenvalue weighted by Gasteiger charge is 2.21. The average molecular weight is 387 g/mol. The van der Waals surface area contributed by atoms with Crippen LogP contribution < -0.4 is 16.4 Å². The molecule has 1 aliphatic carbocycles. The molecule has 0 spiro atoms. The highest BCUT2D eigenvalue weighted by Crippen LogP contribution is 2.26. The molecular weight excluding hydrogens is 364 g/mol. The lowest BCUT2D eigenvalue weighted by molar-refractivity contribution is 0.410.